The summed E-state index contributed by atoms with van der Waals surface area (Å²) in [4.78, 5) is 30.5. The number of nitrogens with zero attached hydrogens (tertiary/aromatic N) is 7. The minimum atomic E-state index is 0.558. The zero-order chi connectivity index (χ0) is 41.0. The number of benzene rings is 8. The summed E-state index contributed by atoms with van der Waals surface area (Å²) in [6.07, 6.45) is 0. The molecule has 0 aliphatic carbocycles. The summed E-state index contributed by atoms with van der Waals surface area (Å²) in [7, 11) is 0. The molecule has 0 unspecified atom stereocenters. The monoisotopic (exact) mass is 795 g/mol. The van der Waals surface area contributed by atoms with E-state index in [0.717, 1.165) is 82.8 Å². The molecule has 0 atom stereocenters. The fourth-order valence-corrected chi connectivity index (χ4v) is 8.40. The van der Waals surface area contributed by atoms with Crippen LogP contribution in [-0.4, -0.2) is 34.5 Å². The number of hydrogen-bond donors (Lipinski definition) is 0. The van der Waals surface area contributed by atoms with Crippen LogP contribution >= 0.6 is 0 Å². The van der Waals surface area contributed by atoms with Gasteiger partial charge in [-0.3, -0.25) is 0 Å². The van der Waals surface area contributed by atoms with Crippen LogP contribution in [-0.2, 0) is 0 Å². The van der Waals surface area contributed by atoms with Gasteiger partial charge in [-0.25, -0.2) is 29.9 Å². The van der Waals surface area contributed by atoms with Gasteiger partial charge in [-0.15, -0.1) is 0 Å². The Hall–Kier alpha value is -8.62. The van der Waals surface area contributed by atoms with E-state index in [1.54, 1.807) is 0 Å². The van der Waals surface area contributed by atoms with Crippen molar-refractivity contribution in [2.24, 2.45) is 0 Å². The van der Waals surface area contributed by atoms with Gasteiger partial charge in [-0.2, -0.15) is 0 Å². The first kappa shape index (κ1) is 35.3. The van der Waals surface area contributed by atoms with Crippen LogP contribution in [0.15, 0.2) is 205 Å². The van der Waals surface area contributed by atoms with Crippen molar-refractivity contribution in [3.63, 3.8) is 0 Å². The van der Waals surface area contributed by atoms with E-state index in [0.29, 0.717) is 34.9 Å². The summed E-state index contributed by atoms with van der Waals surface area (Å²) in [6, 6.07) is 67.5. The summed E-state index contributed by atoms with van der Waals surface area (Å²) in [5, 5.41) is 4.04. The van der Waals surface area contributed by atoms with Crippen LogP contribution in [0.3, 0.4) is 0 Å². The first-order valence-electron chi connectivity index (χ1n) is 20.5. The molecular formula is C54H33N7O. The molecule has 12 aromatic rings. The van der Waals surface area contributed by atoms with E-state index < -0.39 is 0 Å². The molecule has 0 N–H and O–H groups in total. The highest BCUT2D eigenvalue weighted by Crippen LogP contribution is 2.45. The van der Waals surface area contributed by atoms with Gasteiger partial charge in [0.15, 0.2) is 34.9 Å². The molecule has 0 fully saturated rings. The van der Waals surface area contributed by atoms with Crippen molar-refractivity contribution in [2.45, 2.75) is 0 Å². The second kappa shape index (κ2) is 14.6. The van der Waals surface area contributed by atoms with Crippen molar-refractivity contribution < 1.29 is 4.42 Å². The average Bonchev–Trinajstić information content (AvgIpc) is 3.91. The van der Waals surface area contributed by atoms with Gasteiger partial charge in [-0.1, -0.05) is 158 Å². The molecule has 8 nitrogen and oxygen atoms in total. The second-order valence-electron chi connectivity index (χ2n) is 15.1. The van der Waals surface area contributed by atoms with Crippen LogP contribution in [0.5, 0.6) is 0 Å². The number of furan rings is 1. The topological polar surface area (TPSA) is 95.4 Å². The van der Waals surface area contributed by atoms with Crippen molar-refractivity contribution in [2.75, 3.05) is 0 Å². The van der Waals surface area contributed by atoms with Gasteiger partial charge in [0.2, 0.25) is 0 Å². The van der Waals surface area contributed by atoms with Crippen molar-refractivity contribution >= 4 is 43.7 Å². The van der Waals surface area contributed by atoms with Crippen LogP contribution in [0.1, 0.15) is 0 Å². The Balaban J connectivity index is 1.11. The standard InChI is InChI=1S/C54H33N7O/c1-5-17-34(18-6-1)49-55-50(35-19-7-2-8-20-35)57-53(56-49)38-29-31-39(32-30-38)61-44-27-15-13-26-41(44)46-47(61)43(33-42-40-25-14-16-28-45(40)62-48(42)46)54-59-51(36-21-9-3-10-22-36)58-52(60-54)37-23-11-4-12-24-37/h1-33H. The number of para-hydroxylation sites is 2. The third-order valence-electron chi connectivity index (χ3n) is 11.3. The van der Waals surface area contributed by atoms with Gasteiger partial charge in [0, 0.05) is 55.2 Å². The van der Waals surface area contributed by atoms with E-state index in [9.17, 15) is 0 Å². The van der Waals surface area contributed by atoms with Crippen LogP contribution in [0.4, 0.5) is 0 Å². The maximum atomic E-state index is 6.78. The zero-order valence-corrected chi connectivity index (χ0v) is 33.1. The summed E-state index contributed by atoms with van der Waals surface area (Å²) in [5.74, 6) is 3.55. The predicted octanol–water partition coefficient (Wildman–Crippen LogP) is 13.1. The quantitative estimate of drug-likeness (QED) is 0.158. The van der Waals surface area contributed by atoms with E-state index in [2.05, 4.69) is 65.2 Å². The Bertz CT molecular complexity index is 3490. The van der Waals surface area contributed by atoms with Crippen molar-refractivity contribution in [3.8, 4) is 74.0 Å². The molecule has 0 spiro atoms. The lowest BCUT2D eigenvalue weighted by Crippen LogP contribution is -2.02. The van der Waals surface area contributed by atoms with E-state index in [1.165, 1.54) is 0 Å². The molecule has 0 saturated carbocycles. The average molecular weight is 796 g/mol. The lowest BCUT2D eigenvalue weighted by Gasteiger charge is -2.14. The highest BCUT2D eigenvalue weighted by Gasteiger charge is 2.25. The third kappa shape index (κ3) is 6.00. The van der Waals surface area contributed by atoms with Crippen LogP contribution in [0, 0.1) is 0 Å². The van der Waals surface area contributed by atoms with Crippen LogP contribution < -0.4 is 0 Å². The molecular weight excluding hydrogens is 763 g/mol. The van der Waals surface area contributed by atoms with Gasteiger partial charge in [0.25, 0.3) is 0 Å². The molecule has 8 aromatic carbocycles. The SMILES string of the molecule is c1ccc(-c2nc(-c3ccccc3)nc(-c3ccc(-n4c5ccccc5c5c6oc7ccccc7c6cc(-c6nc(-c7ccccc7)nc(-c7ccccc7)n6)c54)cc3)n2)cc1. The molecule has 4 heterocycles. The Kier molecular flexibility index (Phi) is 8.31. The van der Waals surface area contributed by atoms with Gasteiger partial charge < -0.3 is 8.98 Å². The Morgan fingerprint density at radius 1 is 0.339 bits per heavy atom. The largest absolute Gasteiger partial charge is 0.455 e. The lowest BCUT2D eigenvalue weighted by molar-refractivity contribution is 0.673. The molecule has 0 aliphatic heterocycles. The number of hydrogen-bond acceptors (Lipinski definition) is 7. The molecule has 0 aliphatic rings. The zero-order valence-electron chi connectivity index (χ0n) is 33.1. The molecule has 290 valence electrons. The molecule has 62 heavy (non-hydrogen) atoms. The van der Waals surface area contributed by atoms with Crippen molar-refractivity contribution in [3.05, 3.63) is 200 Å². The van der Waals surface area contributed by atoms with Crippen molar-refractivity contribution in [1.29, 1.82) is 0 Å². The van der Waals surface area contributed by atoms with E-state index >= 15 is 0 Å². The molecule has 8 heteroatoms. The highest BCUT2D eigenvalue weighted by atomic mass is 16.3. The van der Waals surface area contributed by atoms with E-state index in [-0.39, 0.29) is 0 Å². The third-order valence-corrected chi connectivity index (χ3v) is 11.3. The molecule has 0 radical (unpaired) electrons. The Labute approximate surface area is 355 Å². The highest BCUT2D eigenvalue weighted by molar-refractivity contribution is 6.27. The second-order valence-corrected chi connectivity index (χ2v) is 15.1. The Morgan fingerprint density at radius 2 is 0.742 bits per heavy atom. The molecule has 0 saturated heterocycles. The molecule has 0 amide bonds. The minimum Gasteiger partial charge on any atom is -0.455 e. The smallest absolute Gasteiger partial charge is 0.166 e. The van der Waals surface area contributed by atoms with Crippen molar-refractivity contribution in [1.82, 2.24) is 34.5 Å². The Morgan fingerprint density at radius 3 is 1.24 bits per heavy atom. The van der Waals surface area contributed by atoms with Crippen LogP contribution in [0.25, 0.3) is 118 Å². The maximum Gasteiger partial charge on any atom is 0.166 e. The number of fused-ring (bicyclic) bond motifs is 7. The van der Waals surface area contributed by atoms with Gasteiger partial charge in [0.1, 0.15) is 11.2 Å². The summed E-state index contributed by atoms with van der Waals surface area (Å²) in [5.41, 5.74) is 9.87. The molecule has 12 rings (SSSR count). The molecule has 0 bridgehead atoms. The maximum absolute atomic E-state index is 6.78. The first-order chi connectivity index (χ1) is 30.7. The fourth-order valence-electron chi connectivity index (χ4n) is 8.40. The number of aromatic nitrogens is 7. The summed E-state index contributed by atoms with van der Waals surface area (Å²) >= 11 is 0. The summed E-state index contributed by atoms with van der Waals surface area (Å²) in [6.45, 7) is 0. The van der Waals surface area contributed by atoms with Gasteiger partial charge in [-0.05, 0) is 42.5 Å². The van der Waals surface area contributed by atoms with Crippen LogP contribution in [0.2, 0.25) is 0 Å². The normalized spacial score (nSPS) is 11.5. The van der Waals surface area contributed by atoms with Gasteiger partial charge in [0.05, 0.1) is 16.4 Å². The van der Waals surface area contributed by atoms with E-state index in [4.69, 9.17) is 34.3 Å². The predicted molar refractivity (Wildman–Crippen MR) is 247 cm³/mol. The summed E-state index contributed by atoms with van der Waals surface area (Å²) < 4.78 is 9.08. The minimum absolute atomic E-state index is 0.558. The lowest BCUT2D eigenvalue weighted by atomic mass is 10.0. The first-order valence-corrected chi connectivity index (χ1v) is 20.5. The number of rotatable bonds is 7. The molecule has 4 aromatic heterocycles. The fraction of sp³-hybridized carbons (Fsp3) is 0. The van der Waals surface area contributed by atoms with Gasteiger partial charge >= 0.3 is 0 Å². The van der Waals surface area contributed by atoms with E-state index in [1.807, 2.05) is 140 Å².